The number of pyridine rings is 1. The summed E-state index contributed by atoms with van der Waals surface area (Å²) in [5.74, 6) is 0.0235. The Morgan fingerprint density at radius 1 is 1.32 bits per heavy atom. The van der Waals surface area contributed by atoms with Crippen molar-refractivity contribution in [1.82, 2.24) is 15.2 Å². The van der Waals surface area contributed by atoms with Crippen LogP contribution in [0.5, 0.6) is 0 Å². The Labute approximate surface area is 132 Å². The van der Waals surface area contributed by atoms with E-state index in [1.165, 1.54) is 0 Å². The van der Waals surface area contributed by atoms with Gasteiger partial charge in [0.25, 0.3) is 5.91 Å². The van der Waals surface area contributed by atoms with Crippen molar-refractivity contribution < 1.29 is 9.59 Å². The van der Waals surface area contributed by atoms with Crippen LogP contribution in [-0.2, 0) is 4.79 Å². The largest absolute Gasteiger partial charge is 0.355 e. The van der Waals surface area contributed by atoms with Gasteiger partial charge >= 0.3 is 0 Å². The summed E-state index contributed by atoms with van der Waals surface area (Å²) in [6.45, 7) is 8.44. The van der Waals surface area contributed by atoms with Gasteiger partial charge in [-0.3, -0.25) is 14.6 Å². The molecule has 1 aliphatic heterocycles. The Morgan fingerprint density at radius 2 is 2.00 bits per heavy atom. The van der Waals surface area contributed by atoms with Gasteiger partial charge in [0.05, 0.1) is 23.0 Å². The Kier molecular flexibility index (Phi) is 4.54. The minimum Gasteiger partial charge on any atom is -0.355 e. The summed E-state index contributed by atoms with van der Waals surface area (Å²) in [5.41, 5.74) is 1.77. The average Bonchev–Trinajstić information content (AvgIpc) is 2.93. The molecule has 1 aliphatic rings. The maximum Gasteiger partial charge on any atom is 0.252 e. The lowest BCUT2D eigenvalue weighted by Gasteiger charge is -2.30. The number of hydrogen-bond donors (Lipinski definition) is 1. The third kappa shape index (κ3) is 3.13. The molecule has 1 atom stereocenters. The number of rotatable bonds is 2. The molecule has 2 heterocycles. The lowest BCUT2D eigenvalue weighted by Crippen LogP contribution is -2.39. The molecule has 0 aliphatic carbocycles. The van der Waals surface area contributed by atoms with Crippen molar-refractivity contribution in [3.8, 4) is 0 Å². The number of amides is 2. The van der Waals surface area contributed by atoms with Crippen LogP contribution < -0.4 is 5.32 Å². The second kappa shape index (κ2) is 6.07. The van der Waals surface area contributed by atoms with Crippen LogP contribution in [0.4, 0.5) is 0 Å². The van der Waals surface area contributed by atoms with Crippen molar-refractivity contribution in [1.29, 1.82) is 0 Å². The number of nitrogens with one attached hydrogen (secondary N) is 1. The van der Waals surface area contributed by atoms with Gasteiger partial charge in [-0.1, -0.05) is 20.8 Å². The number of likely N-dealkylation sites (tertiary alicyclic amines) is 1. The van der Waals surface area contributed by atoms with Crippen LogP contribution >= 0.6 is 0 Å². The first-order valence-electron chi connectivity index (χ1n) is 7.76. The van der Waals surface area contributed by atoms with E-state index in [1.54, 1.807) is 13.1 Å². The van der Waals surface area contributed by atoms with Crippen LogP contribution in [0.15, 0.2) is 12.1 Å². The van der Waals surface area contributed by atoms with Gasteiger partial charge in [-0.25, -0.2) is 0 Å². The molecule has 0 radical (unpaired) electrons. The molecule has 1 saturated heterocycles. The topological polar surface area (TPSA) is 62.3 Å². The molecule has 2 rings (SSSR count). The fourth-order valence-corrected chi connectivity index (χ4v) is 2.89. The summed E-state index contributed by atoms with van der Waals surface area (Å²) in [4.78, 5) is 30.9. The highest BCUT2D eigenvalue weighted by molar-refractivity contribution is 5.95. The summed E-state index contributed by atoms with van der Waals surface area (Å²) in [6.07, 6.45) is 1.91. The predicted molar refractivity (Wildman–Crippen MR) is 85.5 cm³/mol. The van der Waals surface area contributed by atoms with Gasteiger partial charge in [0.15, 0.2) is 0 Å². The molecule has 1 fully saturated rings. The molecule has 5 nitrogen and oxygen atoms in total. The molecule has 1 aromatic rings. The first-order valence-corrected chi connectivity index (χ1v) is 7.76. The molecule has 5 heteroatoms. The summed E-state index contributed by atoms with van der Waals surface area (Å²) < 4.78 is 0. The number of carbonyl (C=O) groups is 2. The monoisotopic (exact) mass is 303 g/mol. The lowest BCUT2D eigenvalue weighted by atomic mass is 9.94. The Bertz CT molecular complexity index is 590. The van der Waals surface area contributed by atoms with Crippen LogP contribution in [-0.4, -0.2) is 35.3 Å². The number of aromatic nitrogens is 1. The van der Waals surface area contributed by atoms with Crippen LogP contribution in [0.25, 0.3) is 0 Å². The Balaban J connectivity index is 2.29. The van der Waals surface area contributed by atoms with Gasteiger partial charge in [-0.05, 0) is 31.9 Å². The number of hydrogen-bond acceptors (Lipinski definition) is 3. The number of carbonyl (C=O) groups excluding carboxylic acids is 2. The first-order chi connectivity index (χ1) is 10.3. The van der Waals surface area contributed by atoms with E-state index in [2.05, 4.69) is 10.3 Å². The van der Waals surface area contributed by atoms with Crippen molar-refractivity contribution in [2.45, 2.75) is 46.6 Å². The highest BCUT2D eigenvalue weighted by atomic mass is 16.2. The summed E-state index contributed by atoms with van der Waals surface area (Å²) in [6, 6.07) is 3.69. The minimum absolute atomic E-state index is 0.0177. The van der Waals surface area contributed by atoms with E-state index in [1.807, 2.05) is 38.7 Å². The average molecular weight is 303 g/mol. The Morgan fingerprint density at radius 3 is 2.55 bits per heavy atom. The van der Waals surface area contributed by atoms with E-state index in [0.717, 1.165) is 25.1 Å². The highest BCUT2D eigenvalue weighted by Crippen LogP contribution is 2.34. The molecular formula is C17H25N3O2. The van der Waals surface area contributed by atoms with Crippen molar-refractivity contribution in [3.05, 3.63) is 29.1 Å². The van der Waals surface area contributed by atoms with Gasteiger partial charge in [0.1, 0.15) is 0 Å². The third-order valence-electron chi connectivity index (χ3n) is 4.08. The summed E-state index contributed by atoms with van der Waals surface area (Å²) in [7, 11) is 1.61. The summed E-state index contributed by atoms with van der Waals surface area (Å²) >= 11 is 0. The quantitative estimate of drug-likeness (QED) is 0.913. The molecule has 0 saturated carbocycles. The zero-order valence-electron chi connectivity index (χ0n) is 14.1. The standard InChI is InChI=1S/C17H25N3O2/c1-11-12(15(21)18-5)8-9-13(19-11)14-7-6-10-20(14)16(22)17(2,3)4/h8-9,14H,6-7,10H2,1-5H3,(H,18,21). The van der Waals surface area contributed by atoms with E-state index in [9.17, 15) is 9.59 Å². The van der Waals surface area contributed by atoms with Crippen LogP contribution in [0.1, 0.15) is 61.4 Å². The van der Waals surface area contributed by atoms with E-state index in [0.29, 0.717) is 11.3 Å². The van der Waals surface area contributed by atoms with Crippen LogP contribution in [0.2, 0.25) is 0 Å². The number of nitrogens with zero attached hydrogens (tertiary/aromatic N) is 2. The second-order valence-corrected chi connectivity index (χ2v) is 6.85. The molecule has 22 heavy (non-hydrogen) atoms. The van der Waals surface area contributed by atoms with E-state index in [4.69, 9.17) is 0 Å². The van der Waals surface area contributed by atoms with Gasteiger partial charge in [-0.15, -0.1) is 0 Å². The minimum atomic E-state index is -0.389. The van der Waals surface area contributed by atoms with Crippen molar-refractivity contribution in [3.63, 3.8) is 0 Å². The van der Waals surface area contributed by atoms with Crippen molar-refractivity contribution in [2.24, 2.45) is 5.41 Å². The normalized spacial score (nSPS) is 18.4. The molecule has 120 valence electrons. The molecular weight excluding hydrogens is 278 g/mol. The zero-order chi connectivity index (χ0) is 16.5. The maximum atomic E-state index is 12.6. The lowest BCUT2D eigenvalue weighted by molar-refractivity contribution is -0.140. The molecule has 1 unspecified atom stereocenters. The van der Waals surface area contributed by atoms with Gasteiger partial charge in [-0.2, -0.15) is 0 Å². The fourth-order valence-electron chi connectivity index (χ4n) is 2.89. The van der Waals surface area contributed by atoms with Crippen molar-refractivity contribution in [2.75, 3.05) is 13.6 Å². The SMILES string of the molecule is CNC(=O)c1ccc(C2CCCN2C(=O)C(C)(C)C)nc1C. The zero-order valence-corrected chi connectivity index (χ0v) is 14.1. The van der Waals surface area contributed by atoms with E-state index in [-0.39, 0.29) is 23.3 Å². The molecule has 0 aromatic carbocycles. The molecule has 2 amide bonds. The maximum absolute atomic E-state index is 12.6. The number of aryl methyl sites for hydroxylation is 1. The first kappa shape index (κ1) is 16.5. The Hall–Kier alpha value is -1.91. The van der Waals surface area contributed by atoms with E-state index >= 15 is 0 Å². The third-order valence-corrected chi connectivity index (χ3v) is 4.08. The van der Waals surface area contributed by atoms with Crippen LogP contribution in [0, 0.1) is 12.3 Å². The van der Waals surface area contributed by atoms with Crippen LogP contribution in [0.3, 0.4) is 0 Å². The van der Waals surface area contributed by atoms with Gasteiger partial charge in [0, 0.05) is 19.0 Å². The predicted octanol–water partition coefficient (Wildman–Crippen LogP) is 2.46. The molecule has 1 aromatic heterocycles. The summed E-state index contributed by atoms with van der Waals surface area (Å²) in [5, 5.41) is 2.61. The second-order valence-electron chi connectivity index (χ2n) is 6.85. The molecule has 1 N–H and O–H groups in total. The fraction of sp³-hybridized carbons (Fsp3) is 0.588. The highest BCUT2D eigenvalue weighted by Gasteiger charge is 2.36. The smallest absolute Gasteiger partial charge is 0.252 e. The van der Waals surface area contributed by atoms with Gasteiger partial charge < -0.3 is 10.2 Å². The molecule has 0 spiro atoms. The van der Waals surface area contributed by atoms with Gasteiger partial charge in [0.2, 0.25) is 5.91 Å². The van der Waals surface area contributed by atoms with Crippen molar-refractivity contribution >= 4 is 11.8 Å². The molecule has 0 bridgehead atoms. The van der Waals surface area contributed by atoms with E-state index < -0.39 is 0 Å².